The van der Waals surface area contributed by atoms with Gasteiger partial charge in [0.25, 0.3) is 5.91 Å². The molecule has 0 bridgehead atoms. The van der Waals surface area contributed by atoms with E-state index in [1.54, 1.807) is 30.2 Å². The van der Waals surface area contributed by atoms with E-state index in [1.807, 2.05) is 0 Å². The average Bonchev–Trinajstić information content (AvgIpc) is 2.97. The molecule has 2 aliphatic heterocycles. The van der Waals surface area contributed by atoms with Gasteiger partial charge in [-0.3, -0.25) is 9.69 Å². The van der Waals surface area contributed by atoms with Gasteiger partial charge in [0, 0.05) is 7.05 Å². The molecule has 3 rings (SSSR count). The second-order valence-electron chi connectivity index (χ2n) is 5.82. The molecule has 134 valence electrons. The van der Waals surface area contributed by atoms with E-state index in [0.29, 0.717) is 23.9 Å². The summed E-state index contributed by atoms with van der Waals surface area (Å²) in [6.07, 6.45) is 3.11. The van der Waals surface area contributed by atoms with Crippen LogP contribution in [-0.4, -0.2) is 71.3 Å². The number of rotatable bonds is 4. The first kappa shape index (κ1) is 17.2. The van der Waals surface area contributed by atoms with Crippen LogP contribution >= 0.6 is 0 Å². The van der Waals surface area contributed by atoms with Crippen molar-refractivity contribution in [2.75, 3.05) is 20.6 Å². The lowest BCUT2D eigenvalue weighted by molar-refractivity contribution is -0.268. The zero-order chi connectivity index (χ0) is 18.8. The van der Waals surface area contributed by atoms with Gasteiger partial charge in [0.2, 0.25) is 6.04 Å². The number of urea groups is 1. The molecule has 0 radical (unpaired) electrons. The molecule has 0 aromatic heterocycles. The number of nitrogens with zero attached hydrogens (tertiary/aromatic N) is 5. The Balaban J connectivity index is 1.87. The fourth-order valence-electron chi connectivity index (χ4n) is 2.78. The summed E-state index contributed by atoms with van der Waals surface area (Å²) >= 11 is 0. The van der Waals surface area contributed by atoms with Crippen LogP contribution in [0.1, 0.15) is 5.56 Å². The van der Waals surface area contributed by atoms with Crippen molar-refractivity contribution in [2.24, 2.45) is 5.10 Å². The number of hydrogen-bond donors (Lipinski definition) is 1. The van der Waals surface area contributed by atoms with Crippen LogP contribution in [0.25, 0.3) is 0 Å². The Morgan fingerprint density at radius 1 is 1.35 bits per heavy atom. The summed E-state index contributed by atoms with van der Waals surface area (Å²) in [7, 11) is 3.00. The predicted molar refractivity (Wildman–Crippen MR) is 95.4 cm³/mol. The van der Waals surface area contributed by atoms with Crippen molar-refractivity contribution in [1.29, 1.82) is 0 Å². The first-order chi connectivity index (χ1) is 12.4. The topological polar surface area (TPSA) is 105 Å². The van der Waals surface area contributed by atoms with Gasteiger partial charge in [-0.05, 0) is 5.56 Å². The summed E-state index contributed by atoms with van der Waals surface area (Å²) in [4.78, 5) is 28.7. The third kappa shape index (κ3) is 2.91. The van der Waals surface area contributed by atoms with E-state index in [0.717, 1.165) is 4.90 Å². The van der Waals surface area contributed by atoms with Crippen LogP contribution in [0.3, 0.4) is 0 Å². The van der Waals surface area contributed by atoms with Crippen molar-refractivity contribution >= 4 is 29.9 Å². The van der Waals surface area contributed by atoms with Gasteiger partial charge in [0.1, 0.15) is 0 Å². The quantitative estimate of drug-likeness (QED) is 0.320. The summed E-state index contributed by atoms with van der Waals surface area (Å²) in [6, 6.07) is 5.12. The van der Waals surface area contributed by atoms with Gasteiger partial charge in [-0.25, -0.2) is 19.3 Å². The summed E-state index contributed by atoms with van der Waals surface area (Å²) in [6.45, 7) is 4.04. The van der Waals surface area contributed by atoms with Gasteiger partial charge in [0.05, 0.1) is 19.8 Å². The molecule has 26 heavy (non-hydrogen) atoms. The van der Waals surface area contributed by atoms with Crippen LogP contribution in [0.15, 0.2) is 42.0 Å². The Bertz CT molecular complexity index is 871. The second-order valence-corrected chi connectivity index (χ2v) is 5.82. The van der Waals surface area contributed by atoms with E-state index in [2.05, 4.69) is 21.8 Å². The van der Waals surface area contributed by atoms with Crippen LogP contribution in [-0.2, 0) is 4.79 Å². The normalized spacial score (nSPS) is 19.6. The number of guanidine groups is 1. The van der Waals surface area contributed by atoms with Crippen LogP contribution < -0.4 is 15.2 Å². The number of imide groups is 1. The molecule has 1 N–H and O–H groups in total. The smallest absolute Gasteiger partial charge is 0.421 e. The van der Waals surface area contributed by atoms with Crippen molar-refractivity contribution in [2.45, 2.75) is 6.04 Å². The average molecular weight is 354 g/mol. The second kappa shape index (κ2) is 6.73. The van der Waals surface area contributed by atoms with Crippen molar-refractivity contribution in [3.8, 4) is 5.75 Å². The zero-order valence-corrected chi connectivity index (χ0v) is 14.4. The maximum absolute atomic E-state index is 12.5. The summed E-state index contributed by atoms with van der Waals surface area (Å²) < 4.78 is 4.36. The summed E-state index contributed by atoms with van der Waals surface area (Å²) in [5.74, 6) is 0.172. The van der Waals surface area contributed by atoms with Gasteiger partial charge < -0.3 is 5.11 Å². The molecule has 0 saturated carbocycles. The lowest BCUT2D eigenvalue weighted by atomic mass is 10.1. The number of carbonyl (C=O) groups excluding carboxylic acids is 2. The van der Waals surface area contributed by atoms with E-state index < -0.39 is 12.1 Å². The lowest BCUT2D eigenvalue weighted by Crippen LogP contribution is -2.64. The molecule has 1 fully saturated rings. The highest BCUT2D eigenvalue weighted by atomic mass is 16.3. The SMILES string of the molecule is C=CCN1C(N/N=C/c2cccc([O-])c2)=[N+]=C2C1C(=O)N(C)C(=O)N2C. The van der Waals surface area contributed by atoms with E-state index >= 15 is 0 Å². The molecule has 1 aromatic rings. The van der Waals surface area contributed by atoms with Crippen molar-refractivity contribution in [3.63, 3.8) is 0 Å². The Morgan fingerprint density at radius 3 is 2.81 bits per heavy atom. The van der Waals surface area contributed by atoms with E-state index in [-0.39, 0.29) is 11.7 Å². The van der Waals surface area contributed by atoms with Crippen molar-refractivity contribution in [1.82, 2.24) is 24.8 Å². The van der Waals surface area contributed by atoms with Gasteiger partial charge in [0.15, 0.2) is 0 Å². The number of amidine groups is 1. The van der Waals surface area contributed by atoms with Crippen LogP contribution in [0, 0.1) is 0 Å². The number of fused-ring (bicyclic) bond motifs is 1. The third-order valence-electron chi connectivity index (χ3n) is 4.09. The largest absolute Gasteiger partial charge is 0.872 e. The summed E-state index contributed by atoms with van der Waals surface area (Å²) in [5.41, 5.74) is 3.41. The summed E-state index contributed by atoms with van der Waals surface area (Å²) in [5, 5.41) is 15.4. The molecular weight excluding hydrogens is 336 g/mol. The monoisotopic (exact) mass is 354 g/mol. The van der Waals surface area contributed by atoms with Crippen LogP contribution in [0.4, 0.5) is 4.79 Å². The Morgan fingerprint density at radius 2 is 2.12 bits per heavy atom. The predicted octanol–water partition coefficient (Wildman–Crippen LogP) is -1.10. The van der Waals surface area contributed by atoms with Gasteiger partial charge in [-0.2, -0.15) is 5.43 Å². The molecule has 3 amide bonds. The van der Waals surface area contributed by atoms with Crippen molar-refractivity contribution < 1.29 is 14.7 Å². The molecule has 1 unspecified atom stereocenters. The zero-order valence-electron chi connectivity index (χ0n) is 14.4. The molecular formula is C17H18N6O3. The molecule has 1 saturated heterocycles. The number of amides is 3. The molecule has 9 nitrogen and oxygen atoms in total. The number of benzene rings is 1. The minimum atomic E-state index is -0.719. The molecule has 1 aromatic carbocycles. The highest BCUT2D eigenvalue weighted by Gasteiger charge is 2.54. The molecule has 2 aliphatic rings. The van der Waals surface area contributed by atoms with E-state index in [9.17, 15) is 14.7 Å². The van der Waals surface area contributed by atoms with Crippen molar-refractivity contribution in [3.05, 3.63) is 42.5 Å². The minimum absolute atomic E-state index is 0.115. The van der Waals surface area contributed by atoms with Crippen LogP contribution in [0.5, 0.6) is 5.75 Å². The minimum Gasteiger partial charge on any atom is -0.872 e. The first-order valence-corrected chi connectivity index (χ1v) is 7.88. The van der Waals surface area contributed by atoms with Crippen LogP contribution in [0.2, 0.25) is 0 Å². The van der Waals surface area contributed by atoms with Gasteiger partial charge in [-0.15, -0.1) is 17.4 Å². The standard InChI is InChI=1S/C17H18N6O3/c1-4-8-23-13-14(21(2)17(26)22(3)15(13)25)19-16(23)20-18-10-11-6-5-7-12(24)9-11/h4-7,9-10,13,24H,1,8H2,2-3H3/b18-10+. The highest BCUT2D eigenvalue weighted by molar-refractivity contribution is 6.23. The lowest BCUT2D eigenvalue weighted by Gasteiger charge is -2.31. The molecule has 1 atom stereocenters. The fourth-order valence-corrected chi connectivity index (χ4v) is 2.78. The molecule has 2 heterocycles. The Kier molecular flexibility index (Phi) is 4.47. The van der Waals surface area contributed by atoms with E-state index in [4.69, 9.17) is 0 Å². The number of nitrogens with one attached hydrogen (secondary N) is 1. The maximum atomic E-state index is 12.5. The number of carbonyl (C=O) groups is 2. The van der Waals surface area contributed by atoms with E-state index in [1.165, 1.54) is 30.3 Å². The number of hydrazone groups is 1. The molecule has 9 heteroatoms. The molecule has 0 aliphatic carbocycles. The first-order valence-electron chi connectivity index (χ1n) is 7.88. The fraction of sp³-hybridized carbons (Fsp3) is 0.235. The number of likely N-dealkylation sites (N-methyl/N-ethyl adjacent to an activating group) is 2. The maximum Gasteiger partial charge on any atom is 0.421 e. The Labute approximate surface area is 150 Å². The Hall–Kier alpha value is -3.58. The highest BCUT2D eigenvalue weighted by Crippen LogP contribution is 2.17. The molecule has 0 spiro atoms. The van der Waals surface area contributed by atoms with Gasteiger partial charge >= 0.3 is 17.8 Å². The third-order valence-corrected chi connectivity index (χ3v) is 4.09. The van der Waals surface area contributed by atoms with Gasteiger partial charge in [-0.1, -0.05) is 30.3 Å². The number of hydrogen-bond acceptors (Lipinski definition) is 6.